The van der Waals surface area contributed by atoms with E-state index < -0.39 is 32.4 Å². The lowest BCUT2D eigenvalue weighted by Crippen LogP contribution is -2.17. The third-order valence-electron chi connectivity index (χ3n) is 4.43. The van der Waals surface area contributed by atoms with E-state index >= 15 is 0 Å². The molecule has 30 heavy (non-hydrogen) atoms. The lowest BCUT2D eigenvalue weighted by molar-refractivity contribution is -0.139. The van der Waals surface area contributed by atoms with Gasteiger partial charge in [0.05, 0.1) is 10.5 Å². The van der Waals surface area contributed by atoms with E-state index in [1.807, 2.05) is 0 Å². The number of halogens is 3. The number of aliphatic imine (C=N–C) groups is 1. The third-order valence-corrected chi connectivity index (χ3v) is 5.60. The zero-order valence-electron chi connectivity index (χ0n) is 15.8. The quantitative estimate of drug-likeness (QED) is 0.746. The molecule has 0 bridgehead atoms. The maximum Gasteiger partial charge on any atom is 0.417 e. The van der Waals surface area contributed by atoms with E-state index in [1.165, 1.54) is 6.07 Å². The zero-order chi connectivity index (χ0) is 22.1. The first kappa shape index (κ1) is 21.6. The number of primary amides is 1. The van der Waals surface area contributed by atoms with Gasteiger partial charge in [-0.2, -0.15) is 18.3 Å². The van der Waals surface area contributed by atoms with Crippen molar-refractivity contribution in [2.45, 2.75) is 23.9 Å². The Morgan fingerprint density at radius 1 is 1.13 bits per heavy atom. The smallest absolute Gasteiger partial charge is 0.370 e. The van der Waals surface area contributed by atoms with Gasteiger partial charge in [0.25, 0.3) is 0 Å². The Morgan fingerprint density at radius 2 is 1.80 bits per heavy atom. The number of azo groups is 1. The minimum atomic E-state index is -4.89. The third kappa shape index (κ3) is 4.56. The molecule has 1 heterocycles. The Hall–Kier alpha value is -3.08. The number of nitrogens with zero attached hydrogens (tertiary/aromatic N) is 3. The number of amides is 1. The first-order valence-corrected chi connectivity index (χ1v) is 10.6. The highest BCUT2D eigenvalue weighted by atomic mass is 32.2. The Bertz CT molecular complexity index is 1150. The lowest BCUT2D eigenvalue weighted by atomic mass is 9.95. The summed E-state index contributed by atoms with van der Waals surface area (Å²) in [6, 6.07) is 8.57. The van der Waals surface area contributed by atoms with Crippen LogP contribution < -0.4 is 5.73 Å². The van der Waals surface area contributed by atoms with Gasteiger partial charge in [0.15, 0.2) is 22.3 Å². The Balaban J connectivity index is 2.23. The van der Waals surface area contributed by atoms with E-state index in [1.54, 1.807) is 24.3 Å². The number of amidine groups is 1. The summed E-state index contributed by atoms with van der Waals surface area (Å²) in [5.41, 5.74) is 5.11. The molecule has 0 atom stereocenters. The van der Waals surface area contributed by atoms with Crippen molar-refractivity contribution < 1.29 is 26.4 Å². The Kier molecular flexibility index (Phi) is 5.75. The summed E-state index contributed by atoms with van der Waals surface area (Å²) in [5.74, 6) is -0.624. The van der Waals surface area contributed by atoms with Gasteiger partial charge in [-0.1, -0.05) is 30.3 Å². The molecule has 0 unspecified atom stereocenters. The van der Waals surface area contributed by atoms with Crippen LogP contribution in [0.1, 0.15) is 23.1 Å². The summed E-state index contributed by atoms with van der Waals surface area (Å²) in [4.78, 5) is 14.0. The Labute approximate surface area is 170 Å². The van der Waals surface area contributed by atoms with Crippen molar-refractivity contribution in [3.8, 4) is 11.1 Å². The molecule has 2 aromatic carbocycles. The predicted octanol–water partition coefficient (Wildman–Crippen LogP) is 3.36. The summed E-state index contributed by atoms with van der Waals surface area (Å²) in [7, 11) is -4.30. The van der Waals surface area contributed by atoms with Crippen LogP contribution in [0, 0.1) is 0 Å². The molecule has 0 saturated heterocycles. The average Bonchev–Trinajstić information content (AvgIpc) is 3.18. The Morgan fingerprint density at radius 3 is 2.30 bits per heavy atom. The van der Waals surface area contributed by atoms with Gasteiger partial charge in [0, 0.05) is 18.2 Å². The van der Waals surface area contributed by atoms with E-state index in [0.29, 0.717) is 18.2 Å². The first-order chi connectivity index (χ1) is 14.0. The molecular formula is C19H17F3N4O3S. The number of hydrogen-bond donors (Lipinski definition) is 1. The highest BCUT2D eigenvalue weighted by Gasteiger charge is 2.39. The molecule has 158 valence electrons. The number of carbonyl (C=O) groups is 1. The summed E-state index contributed by atoms with van der Waals surface area (Å²) in [6.07, 6.45) is -3.61. The van der Waals surface area contributed by atoms with Crippen LogP contribution in [0.3, 0.4) is 0 Å². The van der Waals surface area contributed by atoms with Crippen molar-refractivity contribution in [2.24, 2.45) is 21.0 Å². The van der Waals surface area contributed by atoms with Crippen molar-refractivity contribution in [2.75, 3.05) is 12.9 Å². The summed E-state index contributed by atoms with van der Waals surface area (Å²) in [5, 5.41) is 7.40. The number of alkyl halides is 3. The molecule has 0 saturated carbocycles. The van der Waals surface area contributed by atoms with Crippen LogP contribution in [0.2, 0.25) is 0 Å². The molecule has 3 rings (SSSR count). The summed E-state index contributed by atoms with van der Waals surface area (Å²) >= 11 is 0. The maximum atomic E-state index is 13.6. The van der Waals surface area contributed by atoms with Crippen LogP contribution in [0.25, 0.3) is 11.1 Å². The minimum absolute atomic E-state index is 0.0969. The lowest BCUT2D eigenvalue weighted by Gasteiger charge is -2.18. The van der Waals surface area contributed by atoms with Crippen LogP contribution in [0.15, 0.2) is 56.5 Å². The number of carbonyl (C=O) groups excluding carboxylic acids is 1. The van der Waals surface area contributed by atoms with Gasteiger partial charge in [-0.15, -0.1) is 5.11 Å². The molecule has 1 aliphatic rings. The fourth-order valence-corrected chi connectivity index (χ4v) is 4.29. The van der Waals surface area contributed by atoms with Crippen molar-refractivity contribution in [3.05, 3.63) is 53.1 Å². The van der Waals surface area contributed by atoms with Gasteiger partial charge in [0.1, 0.15) is 0 Å². The highest BCUT2D eigenvalue weighted by molar-refractivity contribution is 7.90. The second-order valence-electron chi connectivity index (χ2n) is 6.66. The van der Waals surface area contributed by atoms with Crippen molar-refractivity contribution in [1.29, 1.82) is 0 Å². The van der Waals surface area contributed by atoms with E-state index in [4.69, 9.17) is 5.73 Å². The molecule has 0 aliphatic carbocycles. The molecule has 0 spiro atoms. The van der Waals surface area contributed by atoms with E-state index in [0.717, 1.165) is 11.6 Å². The second-order valence-corrected chi connectivity index (χ2v) is 8.62. The average molecular weight is 438 g/mol. The van der Waals surface area contributed by atoms with Gasteiger partial charge in [-0.05, 0) is 29.2 Å². The number of aryl methyl sites for hydroxylation is 1. The molecule has 2 aromatic rings. The number of sulfone groups is 1. The second kappa shape index (κ2) is 7.98. The van der Waals surface area contributed by atoms with Gasteiger partial charge in [0.2, 0.25) is 5.91 Å². The van der Waals surface area contributed by atoms with Gasteiger partial charge in [-0.3, -0.25) is 4.79 Å². The summed E-state index contributed by atoms with van der Waals surface area (Å²) < 4.78 is 65.5. The number of nitrogens with two attached hydrogens (primary N) is 1. The SMILES string of the molecule is CS(=O)(=O)c1c(C(F)(F)F)ccc(-c2ccc(CCC(N)=O)cc2)c1C1=NCN=N1. The van der Waals surface area contributed by atoms with E-state index in [9.17, 15) is 26.4 Å². The topological polar surface area (TPSA) is 114 Å². The van der Waals surface area contributed by atoms with Crippen molar-refractivity contribution in [3.63, 3.8) is 0 Å². The van der Waals surface area contributed by atoms with Gasteiger partial charge >= 0.3 is 6.18 Å². The zero-order valence-corrected chi connectivity index (χ0v) is 16.6. The van der Waals surface area contributed by atoms with Gasteiger partial charge in [-0.25, -0.2) is 13.4 Å². The van der Waals surface area contributed by atoms with E-state index in [-0.39, 0.29) is 30.1 Å². The van der Waals surface area contributed by atoms with Crippen LogP contribution >= 0.6 is 0 Å². The van der Waals surface area contributed by atoms with Crippen LogP contribution in [-0.2, 0) is 27.2 Å². The molecule has 1 aliphatic heterocycles. The normalized spacial score (nSPS) is 14.1. The molecule has 1 amide bonds. The predicted molar refractivity (Wildman–Crippen MR) is 104 cm³/mol. The van der Waals surface area contributed by atoms with Gasteiger partial charge < -0.3 is 5.73 Å². The molecule has 11 heteroatoms. The highest BCUT2D eigenvalue weighted by Crippen LogP contribution is 2.40. The number of hydrogen-bond acceptors (Lipinski definition) is 6. The molecule has 0 fully saturated rings. The minimum Gasteiger partial charge on any atom is -0.370 e. The molecule has 2 N–H and O–H groups in total. The standard InChI is InChI=1S/C19H17F3N4O3S/c1-30(28,29)17-14(19(20,21)22)8-7-13(16(17)18-24-10-25-26-18)12-5-2-11(3-6-12)4-9-15(23)27/h2-3,5-8H,4,9-10H2,1H3,(H2,23,27). The summed E-state index contributed by atoms with van der Waals surface area (Å²) in [6.45, 7) is -0.0969. The van der Waals surface area contributed by atoms with Crippen LogP contribution in [0.4, 0.5) is 13.2 Å². The van der Waals surface area contributed by atoms with E-state index in [2.05, 4.69) is 15.2 Å². The number of rotatable bonds is 6. The van der Waals surface area contributed by atoms with Crippen LogP contribution in [-0.4, -0.2) is 33.1 Å². The largest absolute Gasteiger partial charge is 0.417 e. The fraction of sp³-hybridized carbons (Fsp3) is 0.263. The maximum absolute atomic E-state index is 13.6. The molecule has 0 aromatic heterocycles. The number of benzene rings is 2. The molecular weight excluding hydrogens is 421 g/mol. The van der Waals surface area contributed by atoms with Crippen molar-refractivity contribution in [1.82, 2.24) is 0 Å². The first-order valence-electron chi connectivity index (χ1n) is 8.72. The van der Waals surface area contributed by atoms with Crippen molar-refractivity contribution >= 4 is 21.6 Å². The van der Waals surface area contributed by atoms with Crippen LogP contribution in [0.5, 0.6) is 0 Å². The fourth-order valence-electron chi connectivity index (χ4n) is 3.13. The molecule has 7 nitrogen and oxygen atoms in total. The monoisotopic (exact) mass is 438 g/mol. The molecule has 0 radical (unpaired) electrons.